The number of carboxylic acids is 1. The lowest BCUT2D eigenvalue weighted by molar-refractivity contribution is -0.167. The van der Waals surface area contributed by atoms with Gasteiger partial charge >= 0.3 is 5.97 Å². The Morgan fingerprint density at radius 1 is 1.36 bits per heavy atom. The van der Waals surface area contributed by atoms with Gasteiger partial charge in [-0.25, -0.2) is 4.79 Å². The zero-order valence-electron chi connectivity index (χ0n) is 13.0. The fourth-order valence-electron chi connectivity index (χ4n) is 2.39. The molecule has 0 bridgehead atoms. The van der Waals surface area contributed by atoms with Gasteiger partial charge in [-0.1, -0.05) is 12.1 Å². The standard InChI is InChI=1S/C16H21NO5/c1-10-4-5-11(2)13(6-10)21-9-15(18)17-7-12(3)22-14(8-17)16(19)20/h4-6,12,14H,7-9H2,1-3H3,(H,19,20)/t12-,14?/m1/s1. The van der Waals surface area contributed by atoms with E-state index in [2.05, 4.69) is 0 Å². The van der Waals surface area contributed by atoms with E-state index in [1.165, 1.54) is 4.90 Å². The van der Waals surface area contributed by atoms with Gasteiger partial charge in [-0.15, -0.1) is 0 Å². The molecule has 1 fully saturated rings. The molecule has 1 saturated heterocycles. The Morgan fingerprint density at radius 3 is 2.77 bits per heavy atom. The van der Waals surface area contributed by atoms with Crippen LogP contribution in [0.2, 0.25) is 0 Å². The predicted molar refractivity (Wildman–Crippen MR) is 80.0 cm³/mol. The minimum atomic E-state index is -1.06. The van der Waals surface area contributed by atoms with Crippen molar-refractivity contribution in [2.75, 3.05) is 19.7 Å². The quantitative estimate of drug-likeness (QED) is 0.909. The molecule has 2 atom stereocenters. The number of carbonyl (C=O) groups excluding carboxylic acids is 1. The summed E-state index contributed by atoms with van der Waals surface area (Å²) >= 11 is 0. The van der Waals surface area contributed by atoms with Crippen LogP contribution in [0.1, 0.15) is 18.1 Å². The number of ether oxygens (including phenoxy) is 2. The molecule has 6 heteroatoms. The fourth-order valence-corrected chi connectivity index (χ4v) is 2.39. The van der Waals surface area contributed by atoms with E-state index in [1.807, 2.05) is 32.0 Å². The molecule has 1 aromatic rings. The van der Waals surface area contributed by atoms with E-state index in [4.69, 9.17) is 14.6 Å². The highest BCUT2D eigenvalue weighted by atomic mass is 16.5. The number of aryl methyl sites for hydroxylation is 2. The average Bonchev–Trinajstić information content (AvgIpc) is 2.47. The Labute approximate surface area is 129 Å². The highest BCUT2D eigenvalue weighted by molar-refractivity contribution is 5.80. The van der Waals surface area contributed by atoms with Crippen molar-refractivity contribution in [1.29, 1.82) is 0 Å². The summed E-state index contributed by atoms with van der Waals surface area (Å²) in [4.78, 5) is 24.8. The molecule has 0 radical (unpaired) electrons. The van der Waals surface area contributed by atoms with E-state index >= 15 is 0 Å². The molecule has 0 saturated carbocycles. The molecule has 1 unspecified atom stereocenters. The molecule has 1 aliphatic heterocycles. The van der Waals surface area contributed by atoms with Gasteiger partial charge in [0.05, 0.1) is 12.6 Å². The van der Waals surface area contributed by atoms with Crippen molar-refractivity contribution in [2.24, 2.45) is 0 Å². The fraction of sp³-hybridized carbons (Fsp3) is 0.500. The van der Waals surface area contributed by atoms with Crippen molar-refractivity contribution in [3.05, 3.63) is 29.3 Å². The van der Waals surface area contributed by atoms with E-state index in [1.54, 1.807) is 6.92 Å². The highest BCUT2D eigenvalue weighted by Crippen LogP contribution is 2.19. The molecule has 1 aromatic carbocycles. The van der Waals surface area contributed by atoms with E-state index in [-0.39, 0.29) is 25.2 Å². The topological polar surface area (TPSA) is 76.1 Å². The van der Waals surface area contributed by atoms with Crippen molar-refractivity contribution >= 4 is 11.9 Å². The number of benzene rings is 1. The van der Waals surface area contributed by atoms with Gasteiger partial charge in [0.2, 0.25) is 0 Å². The summed E-state index contributed by atoms with van der Waals surface area (Å²) in [6.07, 6.45) is -1.28. The number of hydrogen-bond donors (Lipinski definition) is 1. The molecular formula is C16H21NO5. The second kappa shape index (κ2) is 6.79. The van der Waals surface area contributed by atoms with Gasteiger partial charge in [0.1, 0.15) is 5.75 Å². The van der Waals surface area contributed by atoms with Crippen LogP contribution in [0.4, 0.5) is 0 Å². The first-order chi connectivity index (χ1) is 10.4. The summed E-state index contributed by atoms with van der Waals surface area (Å²) in [5.41, 5.74) is 2.01. The summed E-state index contributed by atoms with van der Waals surface area (Å²) in [6.45, 7) is 5.93. The average molecular weight is 307 g/mol. The number of rotatable bonds is 4. The Kier molecular flexibility index (Phi) is 5.03. The first-order valence-electron chi connectivity index (χ1n) is 7.23. The van der Waals surface area contributed by atoms with Crippen molar-refractivity contribution < 1.29 is 24.2 Å². The van der Waals surface area contributed by atoms with Crippen LogP contribution in [0.5, 0.6) is 5.75 Å². The van der Waals surface area contributed by atoms with Crippen LogP contribution >= 0.6 is 0 Å². The molecule has 6 nitrogen and oxygen atoms in total. The van der Waals surface area contributed by atoms with Crippen molar-refractivity contribution in [2.45, 2.75) is 33.0 Å². The van der Waals surface area contributed by atoms with Crippen molar-refractivity contribution in [1.82, 2.24) is 4.90 Å². The van der Waals surface area contributed by atoms with Crippen molar-refractivity contribution in [3.8, 4) is 5.75 Å². The third-order valence-electron chi connectivity index (χ3n) is 3.58. The zero-order chi connectivity index (χ0) is 16.3. The Morgan fingerprint density at radius 2 is 2.09 bits per heavy atom. The van der Waals surface area contributed by atoms with E-state index in [0.717, 1.165) is 11.1 Å². The lowest BCUT2D eigenvalue weighted by Crippen LogP contribution is -2.52. The number of morpholine rings is 1. The third-order valence-corrected chi connectivity index (χ3v) is 3.58. The molecule has 0 spiro atoms. The van der Waals surface area contributed by atoms with Gasteiger partial charge in [0.25, 0.3) is 5.91 Å². The normalized spacial score (nSPS) is 21.5. The van der Waals surface area contributed by atoms with Crippen LogP contribution in [0.15, 0.2) is 18.2 Å². The summed E-state index contributed by atoms with van der Waals surface area (Å²) in [7, 11) is 0. The number of nitrogens with zero attached hydrogens (tertiary/aromatic N) is 1. The minimum absolute atomic E-state index is 0.0503. The first-order valence-corrected chi connectivity index (χ1v) is 7.23. The molecule has 22 heavy (non-hydrogen) atoms. The second-order valence-electron chi connectivity index (χ2n) is 5.63. The Balaban J connectivity index is 1.96. The monoisotopic (exact) mass is 307 g/mol. The van der Waals surface area contributed by atoms with Gasteiger partial charge in [0, 0.05) is 6.54 Å². The largest absolute Gasteiger partial charge is 0.483 e. The van der Waals surface area contributed by atoms with Crippen LogP contribution in [-0.2, 0) is 14.3 Å². The van der Waals surface area contributed by atoms with E-state index < -0.39 is 12.1 Å². The second-order valence-corrected chi connectivity index (χ2v) is 5.63. The SMILES string of the molecule is Cc1ccc(C)c(OCC(=O)N2CC(C(=O)O)O[C@H](C)C2)c1. The van der Waals surface area contributed by atoms with Gasteiger partial charge < -0.3 is 19.5 Å². The molecular weight excluding hydrogens is 286 g/mol. The summed E-state index contributed by atoms with van der Waals surface area (Å²) in [5, 5.41) is 9.04. The van der Waals surface area contributed by atoms with E-state index in [9.17, 15) is 9.59 Å². The van der Waals surface area contributed by atoms with Gasteiger partial charge in [-0.05, 0) is 38.0 Å². The smallest absolute Gasteiger partial charge is 0.334 e. The molecule has 1 N–H and O–H groups in total. The van der Waals surface area contributed by atoms with Gasteiger partial charge in [-0.2, -0.15) is 0 Å². The third kappa shape index (κ3) is 3.98. The molecule has 1 amide bonds. The maximum atomic E-state index is 12.2. The molecule has 2 rings (SSSR count). The predicted octanol–water partition coefficient (Wildman–Crippen LogP) is 1.38. The minimum Gasteiger partial charge on any atom is -0.483 e. The highest BCUT2D eigenvalue weighted by Gasteiger charge is 2.32. The molecule has 0 aromatic heterocycles. The molecule has 1 heterocycles. The molecule has 0 aliphatic carbocycles. The molecule has 120 valence electrons. The number of aliphatic carboxylic acids is 1. The number of amides is 1. The Bertz CT molecular complexity index is 572. The van der Waals surface area contributed by atoms with Crippen LogP contribution in [0.25, 0.3) is 0 Å². The van der Waals surface area contributed by atoms with Crippen LogP contribution in [-0.4, -0.2) is 53.8 Å². The lowest BCUT2D eigenvalue weighted by Gasteiger charge is -2.34. The summed E-state index contributed by atoms with van der Waals surface area (Å²) < 4.78 is 10.9. The van der Waals surface area contributed by atoms with Crippen LogP contribution in [0.3, 0.4) is 0 Å². The zero-order valence-corrected chi connectivity index (χ0v) is 13.0. The van der Waals surface area contributed by atoms with Crippen LogP contribution in [0, 0.1) is 13.8 Å². The number of carboxylic acid groups (broad SMARTS) is 1. The van der Waals surface area contributed by atoms with Crippen molar-refractivity contribution in [3.63, 3.8) is 0 Å². The van der Waals surface area contributed by atoms with Gasteiger partial charge in [-0.3, -0.25) is 4.79 Å². The maximum absolute atomic E-state index is 12.2. The Hall–Kier alpha value is -2.08. The number of hydrogen-bond acceptors (Lipinski definition) is 4. The summed E-state index contributed by atoms with van der Waals surface area (Å²) in [6, 6.07) is 5.79. The maximum Gasteiger partial charge on any atom is 0.334 e. The van der Waals surface area contributed by atoms with E-state index in [0.29, 0.717) is 12.3 Å². The number of carbonyl (C=O) groups is 2. The first kappa shape index (κ1) is 16.3. The van der Waals surface area contributed by atoms with Crippen LogP contribution < -0.4 is 4.74 Å². The lowest BCUT2D eigenvalue weighted by atomic mass is 10.1. The molecule has 1 aliphatic rings. The van der Waals surface area contributed by atoms with Gasteiger partial charge in [0.15, 0.2) is 12.7 Å². The summed E-state index contributed by atoms with van der Waals surface area (Å²) in [5.74, 6) is -0.619.